The highest BCUT2D eigenvalue weighted by Crippen LogP contribution is 2.33. The van der Waals surface area contributed by atoms with E-state index in [-0.39, 0.29) is 0 Å². The van der Waals surface area contributed by atoms with E-state index in [0.717, 1.165) is 17.2 Å². The molecule has 1 aromatic rings. The number of aryl methyl sites for hydroxylation is 1. The van der Waals surface area contributed by atoms with Crippen molar-refractivity contribution in [3.8, 4) is 0 Å². The van der Waals surface area contributed by atoms with Gasteiger partial charge in [0.15, 0.2) is 0 Å². The van der Waals surface area contributed by atoms with Crippen LogP contribution in [-0.4, -0.2) is 11.0 Å². The van der Waals surface area contributed by atoms with Crippen molar-refractivity contribution in [2.75, 3.05) is 5.32 Å². The third-order valence-corrected chi connectivity index (χ3v) is 4.68. The first kappa shape index (κ1) is 15.3. The van der Waals surface area contributed by atoms with Gasteiger partial charge in [-0.15, -0.1) is 0 Å². The van der Waals surface area contributed by atoms with Crippen molar-refractivity contribution in [3.63, 3.8) is 0 Å². The van der Waals surface area contributed by atoms with Gasteiger partial charge in [-0.1, -0.05) is 45.0 Å². The lowest BCUT2D eigenvalue weighted by molar-refractivity contribution is 0.254. The smallest absolute Gasteiger partial charge is 0.106 e. The quantitative estimate of drug-likeness (QED) is 0.814. The van der Waals surface area contributed by atoms with Gasteiger partial charge in [-0.05, 0) is 49.3 Å². The summed E-state index contributed by atoms with van der Waals surface area (Å²) in [5.74, 6) is 1.45. The second-order valence-corrected chi connectivity index (χ2v) is 6.80. The van der Waals surface area contributed by atoms with Crippen molar-refractivity contribution in [2.45, 2.75) is 52.5 Å². The lowest BCUT2D eigenvalue weighted by atomic mass is 9.77. The maximum atomic E-state index is 5.86. The number of nitrogens with one attached hydrogen (secondary N) is 1. The number of nitrogens with two attached hydrogens (primary N) is 1. The average Bonchev–Trinajstić information content (AvgIpc) is 2.38. The molecule has 0 spiro atoms. The monoisotopic (exact) mass is 290 g/mol. The van der Waals surface area contributed by atoms with Gasteiger partial charge in [0.1, 0.15) is 4.99 Å². The zero-order chi connectivity index (χ0) is 14.7. The molecule has 2 rings (SSSR count). The molecule has 0 radical (unpaired) electrons. The highest BCUT2D eigenvalue weighted by Gasteiger charge is 2.27. The molecule has 1 aliphatic carbocycles. The fraction of sp³-hybridized carbons (Fsp3) is 0.588. The fourth-order valence-corrected chi connectivity index (χ4v) is 3.51. The zero-order valence-corrected chi connectivity index (χ0v) is 13.6. The summed E-state index contributed by atoms with van der Waals surface area (Å²) in [6.07, 6.45) is 5.24. The largest absolute Gasteiger partial charge is 0.389 e. The van der Waals surface area contributed by atoms with Crippen LogP contribution < -0.4 is 11.1 Å². The Morgan fingerprint density at radius 3 is 2.65 bits per heavy atom. The Kier molecular flexibility index (Phi) is 5.03. The van der Waals surface area contributed by atoms with Gasteiger partial charge in [-0.25, -0.2) is 0 Å². The van der Waals surface area contributed by atoms with Gasteiger partial charge in [-0.3, -0.25) is 0 Å². The van der Waals surface area contributed by atoms with Crippen LogP contribution in [0.4, 0.5) is 5.69 Å². The summed E-state index contributed by atoms with van der Waals surface area (Å²) in [6, 6.07) is 6.81. The minimum atomic E-state index is 0.476. The van der Waals surface area contributed by atoms with Crippen LogP contribution >= 0.6 is 12.2 Å². The Balaban J connectivity index is 2.23. The van der Waals surface area contributed by atoms with Crippen molar-refractivity contribution in [3.05, 3.63) is 29.3 Å². The fourth-order valence-electron chi connectivity index (χ4n) is 3.33. The molecule has 0 amide bonds. The maximum absolute atomic E-state index is 5.86. The van der Waals surface area contributed by atoms with E-state index in [2.05, 4.69) is 38.2 Å². The second-order valence-electron chi connectivity index (χ2n) is 6.36. The van der Waals surface area contributed by atoms with E-state index in [1.807, 2.05) is 6.07 Å². The van der Waals surface area contributed by atoms with Crippen molar-refractivity contribution < 1.29 is 0 Å². The summed E-state index contributed by atoms with van der Waals surface area (Å²) in [4.78, 5) is 0.476. The van der Waals surface area contributed by atoms with Gasteiger partial charge < -0.3 is 11.1 Å². The molecule has 0 heterocycles. The van der Waals surface area contributed by atoms with E-state index in [1.54, 1.807) is 0 Å². The zero-order valence-electron chi connectivity index (χ0n) is 12.8. The third-order valence-electron chi connectivity index (χ3n) is 4.46. The van der Waals surface area contributed by atoms with Crippen LogP contribution in [0.25, 0.3) is 0 Å². The number of rotatable bonds is 4. The topological polar surface area (TPSA) is 38.0 Å². The second kappa shape index (κ2) is 6.57. The molecule has 0 aliphatic heterocycles. The molecule has 110 valence electrons. The van der Waals surface area contributed by atoms with Crippen LogP contribution in [0, 0.1) is 18.8 Å². The first-order valence-electron chi connectivity index (χ1n) is 7.66. The van der Waals surface area contributed by atoms with E-state index in [4.69, 9.17) is 18.0 Å². The Morgan fingerprint density at radius 2 is 2.00 bits per heavy atom. The van der Waals surface area contributed by atoms with E-state index in [9.17, 15) is 0 Å². The average molecular weight is 290 g/mol. The third kappa shape index (κ3) is 3.51. The molecule has 20 heavy (non-hydrogen) atoms. The maximum Gasteiger partial charge on any atom is 0.106 e. The number of anilines is 1. The SMILES string of the molecule is Cc1ccc(C(N)=S)c(NC2CCCCC2C(C)C)c1. The van der Waals surface area contributed by atoms with Crippen LogP contribution in [0.2, 0.25) is 0 Å². The minimum absolute atomic E-state index is 0.476. The lowest BCUT2D eigenvalue weighted by Gasteiger charge is -2.36. The molecule has 0 saturated heterocycles. The van der Waals surface area contributed by atoms with Crippen molar-refractivity contribution in [2.24, 2.45) is 17.6 Å². The Morgan fingerprint density at radius 1 is 1.30 bits per heavy atom. The predicted octanol–water partition coefficient (Wildman–Crippen LogP) is 4.26. The van der Waals surface area contributed by atoms with E-state index in [0.29, 0.717) is 16.9 Å². The summed E-state index contributed by atoms with van der Waals surface area (Å²) in [5, 5.41) is 3.74. The molecule has 0 aromatic heterocycles. The summed E-state index contributed by atoms with van der Waals surface area (Å²) in [5.41, 5.74) is 9.17. The summed E-state index contributed by atoms with van der Waals surface area (Å²) in [6.45, 7) is 6.76. The number of thiocarbonyl (C=S) groups is 1. The van der Waals surface area contributed by atoms with Crippen LogP contribution in [0.3, 0.4) is 0 Å². The lowest BCUT2D eigenvalue weighted by Crippen LogP contribution is -2.35. The molecule has 1 fully saturated rings. The highest BCUT2D eigenvalue weighted by atomic mass is 32.1. The van der Waals surface area contributed by atoms with Crippen molar-refractivity contribution in [1.29, 1.82) is 0 Å². The van der Waals surface area contributed by atoms with E-state index < -0.39 is 0 Å². The Hall–Kier alpha value is -1.09. The first-order chi connectivity index (χ1) is 9.49. The molecule has 2 unspecified atom stereocenters. The van der Waals surface area contributed by atoms with Crippen LogP contribution in [0.1, 0.15) is 50.7 Å². The molecule has 1 aliphatic rings. The molecule has 2 atom stereocenters. The molecule has 1 aromatic carbocycles. The summed E-state index contributed by atoms with van der Waals surface area (Å²) in [7, 11) is 0. The number of hydrogen-bond donors (Lipinski definition) is 2. The van der Waals surface area contributed by atoms with Gasteiger partial charge in [0.05, 0.1) is 0 Å². The molecule has 0 bridgehead atoms. The number of hydrogen-bond acceptors (Lipinski definition) is 2. The van der Waals surface area contributed by atoms with Gasteiger partial charge in [-0.2, -0.15) is 0 Å². The molecule has 3 heteroatoms. The Bertz CT molecular complexity index is 482. The normalized spacial score (nSPS) is 22.8. The first-order valence-corrected chi connectivity index (χ1v) is 8.07. The van der Waals surface area contributed by atoms with Gasteiger partial charge >= 0.3 is 0 Å². The summed E-state index contributed by atoms with van der Waals surface area (Å²) >= 11 is 5.18. The molecule has 1 saturated carbocycles. The van der Waals surface area contributed by atoms with E-state index >= 15 is 0 Å². The van der Waals surface area contributed by atoms with Gasteiger partial charge in [0.2, 0.25) is 0 Å². The van der Waals surface area contributed by atoms with Crippen LogP contribution in [0.15, 0.2) is 18.2 Å². The van der Waals surface area contributed by atoms with Gasteiger partial charge in [0.25, 0.3) is 0 Å². The molecule has 3 N–H and O–H groups in total. The standard InChI is InChI=1S/C17H26N2S/c1-11(2)13-6-4-5-7-15(13)19-16-10-12(3)8-9-14(16)17(18)20/h8-11,13,15,19H,4-7H2,1-3H3,(H2,18,20). The summed E-state index contributed by atoms with van der Waals surface area (Å²) < 4.78 is 0. The van der Waals surface area contributed by atoms with Crippen molar-refractivity contribution in [1.82, 2.24) is 0 Å². The van der Waals surface area contributed by atoms with Gasteiger partial charge in [0, 0.05) is 17.3 Å². The van der Waals surface area contributed by atoms with Crippen LogP contribution in [0.5, 0.6) is 0 Å². The molecule has 2 nitrogen and oxygen atoms in total. The number of benzene rings is 1. The molecular weight excluding hydrogens is 264 g/mol. The highest BCUT2D eigenvalue weighted by molar-refractivity contribution is 7.80. The minimum Gasteiger partial charge on any atom is -0.389 e. The predicted molar refractivity (Wildman–Crippen MR) is 91.3 cm³/mol. The van der Waals surface area contributed by atoms with Crippen molar-refractivity contribution >= 4 is 22.9 Å². The van der Waals surface area contributed by atoms with Crippen LogP contribution in [-0.2, 0) is 0 Å². The van der Waals surface area contributed by atoms with E-state index in [1.165, 1.54) is 31.2 Å². The molecular formula is C17H26N2S. The Labute approximate surface area is 128 Å².